The Labute approximate surface area is 236 Å². The second-order valence-corrected chi connectivity index (χ2v) is 10.2. The van der Waals surface area contributed by atoms with Gasteiger partial charge in [0.05, 0.1) is 29.5 Å². The Bertz CT molecular complexity index is 1620. The molecule has 0 radical (unpaired) electrons. The van der Waals surface area contributed by atoms with Crippen LogP contribution in [-0.4, -0.2) is 54.7 Å². The van der Waals surface area contributed by atoms with Crippen molar-refractivity contribution in [2.45, 2.75) is 57.5 Å². The SMILES string of the molecule is CCOC(=O)[C@H](Cc1ccc(-c2nn[nH]n2)cc1)NC(=O)c1cccc2c1nc(-c1ccoc1)n2C1CCCCC1. The highest BCUT2D eigenvalue weighted by atomic mass is 16.5. The molecule has 2 aromatic carbocycles. The lowest BCUT2D eigenvalue weighted by molar-refractivity contribution is -0.145. The number of aromatic nitrogens is 6. The summed E-state index contributed by atoms with van der Waals surface area (Å²) in [5, 5.41) is 16.9. The summed E-state index contributed by atoms with van der Waals surface area (Å²) in [6.07, 6.45) is 9.23. The normalized spacial score (nSPS) is 14.7. The lowest BCUT2D eigenvalue weighted by Crippen LogP contribution is -2.43. The van der Waals surface area contributed by atoms with E-state index in [9.17, 15) is 9.59 Å². The molecule has 41 heavy (non-hydrogen) atoms. The fourth-order valence-corrected chi connectivity index (χ4v) is 5.59. The van der Waals surface area contributed by atoms with E-state index >= 15 is 0 Å². The van der Waals surface area contributed by atoms with E-state index in [1.807, 2.05) is 42.5 Å². The van der Waals surface area contributed by atoms with Gasteiger partial charge in [0.2, 0.25) is 5.82 Å². The van der Waals surface area contributed by atoms with Crippen molar-refractivity contribution in [1.82, 2.24) is 35.5 Å². The smallest absolute Gasteiger partial charge is 0.328 e. The van der Waals surface area contributed by atoms with E-state index in [-0.39, 0.29) is 18.9 Å². The van der Waals surface area contributed by atoms with Gasteiger partial charge in [0.25, 0.3) is 5.91 Å². The van der Waals surface area contributed by atoms with Gasteiger partial charge < -0.3 is 19.0 Å². The van der Waals surface area contributed by atoms with Crippen LogP contribution in [0.1, 0.15) is 61.0 Å². The number of carbonyl (C=O) groups is 2. The zero-order valence-corrected chi connectivity index (χ0v) is 22.7. The molecule has 0 unspecified atom stereocenters. The summed E-state index contributed by atoms with van der Waals surface area (Å²) in [5.74, 6) is 0.373. The Morgan fingerprint density at radius 2 is 1.93 bits per heavy atom. The zero-order chi connectivity index (χ0) is 28.2. The van der Waals surface area contributed by atoms with Crippen LogP contribution in [0.15, 0.2) is 65.5 Å². The van der Waals surface area contributed by atoms with Crippen LogP contribution < -0.4 is 5.32 Å². The molecule has 210 valence electrons. The van der Waals surface area contributed by atoms with Crippen LogP contribution in [0.4, 0.5) is 0 Å². The van der Waals surface area contributed by atoms with Gasteiger partial charge in [0.15, 0.2) is 0 Å². The van der Waals surface area contributed by atoms with Crippen LogP contribution in [-0.2, 0) is 16.0 Å². The van der Waals surface area contributed by atoms with Crippen molar-refractivity contribution in [3.63, 3.8) is 0 Å². The second-order valence-electron chi connectivity index (χ2n) is 10.2. The number of imidazole rings is 1. The molecule has 0 saturated heterocycles. The standard InChI is InChI=1S/C30H31N7O4/c1-2-41-30(39)24(17-19-11-13-20(14-12-19)27-33-35-36-34-27)31-29(38)23-9-6-10-25-26(23)32-28(21-15-16-40-18-21)37(25)22-7-4-3-5-8-22/h6,9-16,18,22,24H,2-5,7-8,17H2,1H3,(H,31,38)(H,33,34,35,36)/t24-/m0/s1. The molecule has 2 N–H and O–H groups in total. The second kappa shape index (κ2) is 11.7. The number of aromatic amines is 1. The Morgan fingerprint density at radius 3 is 2.63 bits per heavy atom. The summed E-state index contributed by atoms with van der Waals surface area (Å²) < 4.78 is 12.9. The minimum Gasteiger partial charge on any atom is -0.472 e. The number of H-pyrrole nitrogens is 1. The van der Waals surface area contributed by atoms with Crippen molar-refractivity contribution in [3.05, 3.63) is 72.2 Å². The number of amides is 1. The molecule has 0 aliphatic heterocycles. The average Bonchev–Trinajstić information content (AvgIpc) is 3.79. The topological polar surface area (TPSA) is 141 Å². The fraction of sp³-hybridized carbons (Fsp3) is 0.333. The van der Waals surface area contributed by atoms with Gasteiger partial charge in [0.1, 0.15) is 23.6 Å². The maximum atomic E-state index is 13.7. The Kier molecular flexibility index (Phi) is 7.57. The Morgan fingerprint density at radius 1 is 1.10 bits per heavy atom. The van der Waals surface area contributed by atoms with Crippen molar-refractivity contribution in [3.8, 4) is 22.8 Å². The molecular formula is C30H31N7O4. The zero-order valence-electron chi connectivity index (χ0n) is 22.7. The first kappa shape index (κ1) is 26.4. The van der Waals surface area contributed by atoms with E-state index in [1.54, 1.807) is 25.5 Å². The maximum absolute atomic E-state index is 13.7. The number of ether oxygens (including phenoxy) is 1. The molecule has 1 aliphatic rings. The molecule has 1 fully saturated rings. The summed E-state index contributed by atoms with van der Waals surface area (Å²) in [5.41, 5.74) is 4.39. The number of hydrogen-bond donors (Lipinski definition) is 2. The third-order valence-corrected chi connectivity index (χ3v) is 7.56. The van der Waals surface area contributed by atoms with Crippen LogP contribution in [0.25, 0.3) is 33.8 Å². The van der Waals surface area contributed by atoms with Crippen molar-refractivity contribution in [2.75, 3.05) is 6.61 Å². The molecule has 1 aliphatic carbocycles. The monoisotopic (exact) mass is 553 g/mol. The molecule has 1 amide bonds. The number of para-hydroxylation sites is 1. The van der Waals surface area contributed by atoms with E-state index in [2.05, 4.69) is 30.5 Å². The Hall–Kier alpha value is -4.80. The highest BCUT2D eigenvalue weighted by molar-refractivity contribution is 6.06. The molecule has 3 aromatic heterocycles. The fourth-order valence-electron chi connectivity index (χ4n) is 5.59. The molecule has 5 aromatic rings. The van der Waals surface area contributed by atoms with E-state index in [1.165, 1.54) is 6.42 Å². The summed E-state index contributed by atoms with van der Waals surface area (Å²) >= 11 is 0. The van der Waals surface area contributed by atoms with E-state index in [0.717, 1.165) is 53.7 Å². The number of hydrogen-bond acceptors (Lipinski definition) is 8. The summed E-state index contributed by atoms with van der Waals surface area (Å²) in [4.78, 5) is 31.7. The highest BCUT2D eigenvalue weighted by Crippen LogP contribution is 2.36. The number of nitrogens with zero attached hydrogens (tertiary/aromatic N) is 5. The van der Waals surface area contributed by atoms with Crippen molar-refractivity contribution in [2.24, 2.45) is 0 Å². The molecule has 1 atom stereocenters. The van der Waals surface area contributed by atoms with Crippen LogP contribution >= 0.6 is 0 Å². The molecule has 0 spiro atoms. The predicted octanol–water partition coefficient (Wildman–Crippen LogP) is 4.89. The predicted molar refractivity (Wildman–Crippen MR) is 151 cm³/mol. The molecule has 0 bridgehead atoms. The molecular weight excluding hydrogens is 522 g/mol. The number of fused-ring (bicyclic) bond motifs is 1. The molecule has 11 nitrogen and oxygen atoms in total. The van der Waals surface area contributed by atoms with Crippen LogP contribution in [0, 0.1) is 0 Å². The molecule has 11 heteroatoms. The Balaban J connectivity index is 1.31. The molecule has 1 saturated carbocycles. The number of carbonyl (C=O) groups excluding carboxylic acids is 2. The first-order chi connectivity index (χ1) is 20.1. The number of esters is 1. The van der Waals surface area contributed by atoms with Gasteiger partial charge in [-0.25, -0.2) is 9.78 Å². The molecule has 3 heterocycles. The molecule has 6 rings (SSSR count). The number of rotatable bonds is 9. The van der Waals surface area contributed by atoms with Gasteiger partial charge in [0, 0.05) is 18.0 Å². The van der Waals surface area contributed by atoms with Gasteiger partial charge in [-0.3, -0.25) is 4.79 Å². The number of benzene rings is 2. The largest absolute Gasteiger partial charge is 0.472 e. The maximum Gasteiger partial charge on any atom is 0.328 e. The van der Waals surface area contributed by atoms with Gasteiger partial charge >= 0.3 is 5.97 Å². The first-order valence-corrected chi connectivity index (χ1v) is 14.0. The van der Waals surface area contributed by atoms with E-state index < -0.39 is 12.0 Å². The van der Waals surface area contributed by atoms with Crippen molar-refractivity contribution < 1.29 is 18.7 Å². The number of nitrogens with one attached hydrogen (secondary N) is 2. The third kappa shape index (κ3) is 5.47. The van der Waals surface area contributed by atoms with E-state index in [4.69, 9.17) is 14.1 Å². The number of tetrazole rings is 1. The lowest BCUT2D eigenvalue weighted by atomic mass is 9.95. The average molecular weight is 554 g/mol. The minimum atomic E-state index is -0.887. The third-order valence-electron chi connectivity index (χ3n) is 7.56. The lowest BCUT2D eigenvalue weighted by Gasteiger charge is -2.25. The summed E-state index contributed by atoms with van der Waals surface area (Å²) in [6, 6.07) is 14.3. The summed E-state index contributed by atoms with van der Waals surface area (Å²) in [7, 11) is 0. The summed E-state index contributed by atoms with van der Waals surface area (Å²) in [6.45, 7) is 1.95. The highest BCUT2D eigenvalue weighted by Gasteiger charge is 2.28. The van der Waals surface area contributed by atoms with Crippen LogP contribution in [0.3, 0.4) is 0 Å². The van der Waals surface area contributed by atoms with Gasteiger partial charge in [-0.2, -0.15) is 5.21 Å². The quantitative estimate of drug-likeness (QED) is 0.246. The van der Waals surface area contributed by atoms with E-state index in [0.29, 0.717) is 22.9 Å². The van der Waals surface area contributed by atoms with Crippen molar-refractivity contribution >= 4 is 22.9 Å². The van der Waals surface area contributed by atoms with Gasteiger partial charge in [-0.15, -0.1) is 10.2 Å². The number of furan rings is 1. The first-order valence-electron chi connectivity index (χ1n) is 14.0. The van der Waals surface area contributed by atoms with Crippen LogP contribution in [0.5, 0.6) is 0 Å². The van der Waals surface area contributed by atoms with Crippen LogP contribution in [0.2, 0.25) is 0 Å². The van der Waals surface area contributed by atoms with Crippen molar-refractivity contribution in [1.29, 1.82) is 0 Å². The van der Waals surface area contributed by atoms with Gasteiger partial charge in [-0.1, -0.05) is 49.6 Å². The minimum absolute atomic E-state index is 0.206. The van der Waals surface area contributed by atoms with Gasteiger partial charge in [-0.05, 0) is 48.7 Å².